The first-order valence-electron chi connectivity index (χ1n) is 5.28. The van der Waals surface area contributed by atoms with Crippen molar-refractivity contribution in [3.8, 4) is 0 Å². The van der Waals surface area contributed by atoms with Gasteiger partial charge in [0.2, 0.25) is 11.7 Å². The molecule has 94 valence electrons. The van der Waals surface area contributed by atoms with Gasteiger partial charge in [-0.05, 0) is 19.8 Å². The highest BCUT2D eigenvalue weighted by atomic mass is 16.2. The van der Waals surface area contributed by atoms with Gasteiger partial charge in [-0.1, -0.05) is 13.8 Å². The van der Waals surface area contributed by atoms with Crippen molar-refractivity contribution >= 4 is 11.8 Å². The monoisotopic (exact) mass is 239 g/mol. The average molecular weight is 239 g/mol. The zero-order valence-electron chi connectivity index (χ0n) is 10.4. The van der Waals surface area contributed by atoms with Crippen molar-refractivity contribution in [2.24, 2.45) is 11.7 Å². The first-order chi connectivity index (χ1) is 7.77. The molecule has 7 nitrogen and oxygen atoms in total. The number of rotatable bonds is 4. The van der Waals surface area contributed by atoms with Crippen LogP contribution in [0.2, 0.25) is 0 Å². The maximum absolute atomic E-state index is 11.8. The Morgan fingerprint density at radius 3 is 2.41 bits per heavy atom. The third kappa shape index (κ3) is 2.61. The molecule has 1 unspecified atom stereocenters. The number of nitrogens with two attached hydrogens (primary N) is 1. The molecule has 0 aromatic carbocycles. The van der Waals surface area contributed by atoms with Gasteiger partial charge < -0.3 is 11.1 Å². The number of hydrogen-bond donors (Lipinski definition) is 3. The molecule has 1 aromatic rings. The molecule has 4 N–H and O–H groups in total. The lowest BCUT2D eigenvalue weighted by Crippen LogP contribution is -2.58. The second-order valence-corrected chi connectivity index (χ2v) is 4.42. The lowest BCUT2D eigenvalue weighted by molar-refractivity contribution is -0.125. The van der Waals surface area contributed by atoms with E-state index < -0.39 is 17.4 Å². The summed E-state index contributed by atoms with van der Waals surface area (Å²) in [4.78, 5) is 27.1. The maximum atomic E-state index is 11.8. The van der Waals surface area contributed by atoms with Gasteiger partial charge in [0.25, 0.3) is 5.91 Å². The summed E-state index contributed by atoms with van der Waals surface area (Å²) >= 11 is 0. The van der Waals surface area contributed by atoms with Crippen molar-refractivity contribution in [1.29, 1.82) is 0 Å². The number of carbonyl (C=O) groups is 2. The van der Waals surface area contributed by atoms with E-state index in [1.807, 2.05) is 0 Å². The fourth-order valence-corrected chi connectivity index (χ4v) is 1.23. The molecule has 0 aliphatic rings. The molecule has 1 rings (SSSR count). The summed E-state index contributed by atoms with van der Waals surface area (Å²) in [6, 6.07) is 0. The topological polar surface area (TPSA) is 114 Å². The molecule has 2 amide bonds. The van der Waals surface area contributed by atoms with Crippen molar-refractivity contribution in [2.45, 2.75) is 33.2 Å². The standard InChI is InChI=1S/C10H17N5O2/c1-5(2)10(4,9(11)17)13-8(16)7-12-6(3)14-15-7/h5H,1-4H3,(H2,11,17)(H,13,16)(H,12,14,15). The summed E-state index contributed by atoms with van der Waals surface area (Å²) in [5.41, 5.74) is 4.18. The fourth-order valence-electron chi connectivity index (χ4n) is 1.23. The van der Waals surface area contributed by atoms with Gasteiger partial charge >= 0.3 is 0 Å². The number of aromatic amines is 1. The number of aromatic nitrogens is 3. The number of aryl methyl sites for hydroxylation is 1. The summed E-state index contributed by atoms with van der Waals surface area (Å²) in [5, 5.41) is 8.84. The van der Waals surface area contributed by atoms with Crippen LogP contribution in [0.25, 0.3) is 0 Å². The SMILES string of the molecule is Cc1nc(C(=O)NC(C)(C(N)=O)C(C)C)n[nH]1. The van der Waals surface area contributed by atoms with Crippen LogP contribution in [0, 0.1) is 12.8 Å². The highest BCUT2D eigenvalue weighted by Gasteiger charge is 2.37. The van der Waals surface area contributed by atoms with Crippen molar-refractivity contribution in [3.63, 3.8) is 0 Å². The number of nitrogens with one attached hydrogen (secondary N) is 2. The van der Waals surface area contributed by atoms with Crippen molar-refractivity contribution in [1.82, 2.24) is 20.5 Å². The Morgan fingerprint density at radius 1 is 1.47 bits per heavy atom. The van der Waals surface area contributed by atoms with Crippen LogP contribution in [0.1, 0.15) is 37.2 Å². The smallest absolute Gasteiger partial charge is 0.291 e. The molecule has 0 radical (unpaired) electrons. The molecule has 1 atom stereocenters. The van der Waals surface area contributed by atoms with E-state index in [0.29, 0.717) is 5.82 Å². The van der Waals surface area contributed by atoms with Crippen LogP contribution in [0.3, 0.4) is 0 Å². The van der Waals surface area contributed by atoms with Crippen molar-refractivity contribution in [2.75, 3.05) is 0 Å². The van der Waals surface area contributed by atoms with Crippen LogP contribution in [0.5, 0.6) is 0 Å². The van der Waals surface area contributed by atoms with Gasteiger partial charge in [-0.25, -0.2) is 4.98 Å². The minimum atomic E-state index is -1.12. The number of H-pyrrole nitrogens is 1. The summed E-state index contributed by atoms with van der Waals surface area (Å²) in [6.45, 7) is 6.86. The van der Waals surface area contributed by atoms with E-state index in [9.17, 15) is 9.59 Å². The largest absolute Gasteiger partial charge is 0.368 e. The van der Waals surface area contributed by atoms with Crippen LogP contribution in [0.4, 0.5) is 0 Å². The van der Waals surface area contributed by atoms with E-state index in [1.54, 1.807) is 27.7 Å². The molecular weight excluding hydrogens is 222 g/mol. The second-order valence-electron chi connectivity index (χ2n) is 4.42. The van der Waals surface area contributed by atoms with Crippen LogP contribution < -0.4 is 11.1 Å². The Labute approximate surface area is 99.2 Å². The van der Waals surface area contributed by atoms with Gasteiger partial charge in [-0.3, -0.25) is 14.7 Å². The van der Waals surface area contributed by atoms with Crippen LogP contribution in [-0.2, 0) is 4.79 Å². The number of amides is 2. The van der Waals surface area contributed by atoms with E-state index >= 15 is 0 Å². The molecule has 0 saturated carbocycles. The minimum absolute atomic E-state index is 0.00405. The molecule has 0 aliphatic carbocycles. The summed E-state index contributed by atoms with van der Waals surface area (Å²) < 4.78 is 0. The van der Waals surface area contributed by atoms with Gasteiger partial charge in [0.15, 0.2) is 0 Å². The van der Waals surface area contributed by atoms with Crippen LogP contribution in [0.15, 0.2) is 0 Å². The molecule has 1 aromatic heterocycles. The first kappa shape index (κ1) is 13.1. The van der Waals surface area contributed by atoms with Crippen LogP contribution >= 0.6 is 0 Å². The predicted molar refractivity (Wildman–Crippen MR) is 61.0 cm³/mol. The third-order valence-corrected chi connectivity index (χ3v) is 2.84. The Kier molecular flexibility index (Phi) is 3.50. The molecule has 1 heterocycles. The number of hydrogen-bond acceptors (Lipinski definition) is 4. The number of primary amides is 1. The molecule has 0 aliphatic heterocycles. The molecular formula is C10H17N5O2. The first-order valence-corrected chi connectivity index (χ1v) is 5.28. The van der Waals surface area contributed by atoms with Crippen LogP contribution in [-0.4, -0.2) is 32.5 Å². The quantitative estimate of drug-likeness (QED) is 0.671. The Balaban J connectivity index is 2.89. The molecule has 7 heteroatoms. The maximum Gasteiger partial charge on any atom is 0.291 e. The predicted octanol–water partition coefficient (Wildman–Crippen LogP) is -0.257. The highest BCUT2D eigenvalue weighted by molar-refractivity contribution is 5.96. The van der Waals surface area contributed by atoms with Crippen molar-refractivity contribution in [3.05, 3.63) is 11.6 Å². The normalized spacial score (nSPS) is 14.4. The van der Waals surface area contributed by atoms with E-state index in [2.05, 4.69) is 20.5 Å². The molecule has 0 spiro atoms. The molecule has 0 fully saturated rings. The lowest BCUT2D eigenvalue weighted by atomic mass is 9.87. The van der Waals surface area contributed by atoms with Gasteiger partial charge in [-0.2, -0.15) is 0 Å². The summed E-state index contributed by atoms with van der Waals surface area (Å²) in [7, 11) is 0. The Hall–Kier alpha value is -1.92. The van der Waals surface area contributed by atoms with Crippen molar-refractivity contribution < 1.29 is 9.59 Å². The third-order valence-electron chi connectivity index (χ3n) is 2.84. The fraction of sp³-hybridized carbons (Fsp3) is 0.600. The van der Waals surface area contributed by atoms with Gasteiger partial charge in [0.1, 0.15) is 11.4 Å². The van der Waals surface area contributed by atoms with Gasteiger partial charge in [0, 0.05) is 0 Å². The number of nitrogens with zero attached hydrogens (tertiary/aromatic N) is 2. The highest BCUT2D eigenvalue weighted by Crippen LogP contribution is 2.16. The second kappa shape index (κ2) is 4.52. The Bertz CT molecular complexity index is 440. The minimum Gasteiger partial charge on any atom is -0.368 e. The molecule has 0 saturated heterocycles. The average Bonchev–Trinajstić information content (AvgIpc) is 2.64. The lowest BCUT2D eigenvalue weighted by Gasteiger charge is -2.30. The van der Waals surface area contributed by atoms with E-state index in [-0.39, 0.29) is 11.7 Å². The number of carbonyl (C=O) groups excluding carboxylic acids is 2. The van der Waals surface area contributed by atoms with Gasteiger partial charge in [0.05, 0.1) is 0 Å². The zero-order valence-corrected chi connectivity index (χ0v) is 10.4. The summed E-state index contributed by atoms with van der Waals surface area (Å²) in [5.74, 6) is -0.724. The zero-order chi connectivity index (χ0) is 13.2. The van der Waals surface area contributed by atoms with E-state index in [0.717, 1.165) is 0 Å². The molecule has 17 heavy (non-hydrogen) atoms. The van der Waals surface area contributed by atoms with E-state index in [4.69, 9.17) is 5.73 Å². The molecule has 0 bridgehead atoms. The summed E-state index contributed by atoms with van der Waals surface area (Å²) in [6.07, 6.45) is 0. The van der Waals surface area contributed by atoms with E-state index in [1.165, 1.54) is 0 Å². The van der Waals surface area contributed by atoms with Gasteiger partial charge in [-0.15, -0.1) is 5.10 Å². The Morgan fingerprint density at radius 2 is 2.06 bits per heavy atom.